The molecule has 138 valence electrons. The first-order chi connectivity index (χ1) is 12.4. The predicted molar refractivity (Wildman–Crippen MR) is 98.9 cm³/mol. The highest BCUT2D eigenvalue weighted by Gasteiger charge is 2.35. The molecule has 0 radical (unpaired) electrons. The van der Waals surface area contributed by atoms with Crippen molar-refractivity contribution in [2.75, 3.05) is 18.1 Å². The zero-order valence-corrected chi connectivity index (χ0v) is 15.4. The number of hydrogen-bond acceptors (Lipinski definition) is 5. The topological polar surface area (TPSA) is 72.9 Å². The van der Waals surface area contributed by atoms with Gasteiger partial charge in [-0.05, 0) is 38.6 Å². The summed E-state index contributed by atoms with van der Waals surface area (Å²) in [6, 6.07) is 10.3. The van der Waals surface area contributed by atoms with E-state index >= 15 is 0 Å². The second kappa shape index (κ2) is 8.47. The van der Waals surface area contributed by atoms with Crippen molar-refractivity contribution < 1.29 is 23.9 Å². The van der Waals surface area contributed by atoms with Gasteiger partial charge in [0.25, 0.3) is 0 Å². The largest absolute Gasteiger partial charge is 0.464 e. The highest BCUT2D eigenvalue weighted by atomic mass is 16.5. The summed E-state index contributed by atoms with van der Waals surface area (Å²) in [5.74, 6) is -2.49. The smallest absolute Gasteiger partial charge is 0.397 e. The van der Waals surface area contributed by atoms with E-state index < -0.39 is 23.9 Å². The number of amides is 1. The van der Waals surface area contributed by atoms with E-state index in [1.165, 1.54) is 11.8 Å². The first kappa shape index (κ1) is 19.4. The summed E-state index contributed by atoms with van der Waals surface area (Å²) in [6.07, 6.45) is 0. The number of rotatable bonds is 5. The Kier molecular flexibility index (Phi) is 6.33. The Bertz CT molecular complexity index is 830. The molecular formula is C20H23NO5. The highest BCUT2D eigenvalue weighted by molar-refractivity contribution is 6.39. The molecule has 2 aromatic rings. The SMILES string of the molecule is CCOC(=O)C(=O)N(c1c(C)ccc2ccccc12)[C@@H](C)C(=O)OCC. The molecule has 0 saturated carbocycles. The molecular weight excluding hydrogens is 334 g/mol. The Hall–Kier alpha value is -2.89. The molecule has 6 heteroatoms. The third kappa shape index (κ3) is 3.85. The van der Waals surface area contributed by atoms with Gasteiger partial charge in [0.1, 0.15) is 6.04 Å². The zero-order valence-electron chi connectivity index (χ0n) is 15.4. The maximum atomic E-state index is 12.8. The molecule has 0 N–H and O–H groups in total. The minimum Gasteiger partial charge on any atom is -0.464 e. The molecule has 0 aliphatic heterocycles. The average Bonchev–Trinajstić information content (AvgIpc) is 2.63. The quantitative estimate of drug-likeness (QED) is 0.607. The molecule has 0 fully saturated rings. The molecule has 0 aliphatic carbocycles. The highest BCUT2D eigenvalue weighted by Crippen LogP contribution is 2.32. The van der Waals surface area contributed by atoms with Gasteiger partial charge in [0.05, 0.1) is 18.9 Å². The van der Waals surface area contributed by atoms with Gasteiger partial charge in [-0.15, -0.1) is 0 Å². The summed E-state index contributed by atoms with van der Waals surface area (Å²) in [4.78, 5) is 38.4. The van der Waals surface area contributed by atoms with E-state index in [1.54, 1.807) is 13.8 Å². The molecule has 0 spiro atoms. The summed E-state index contributed by atoms with van der Waals surface area (Å²) in [6.45, 7) is 6.92. The van der Waals surface area contributed by atoms with Crippen LogP contribution < -0.4 is 4.90 Å². The van der Waals surface area contributed by atoms with Crippen LogP contribution >= 0.6 is 0 Å². The maximum Gasteiger partial charge on any atom is 0.397 e. The maximum absolute atomic E-state index is 12.8. The summed E-state index contributed by atoms with van der Waals surface area (Å²) in [5, 5.41) is 1.66. The fraction of sp³-hybridized carbons (Fsp3) is 0.350. The van der Waals surface area contributed by atoms with Crippen LogP contribution in [-0.2, 0) is 23.9 Å². The number of fused-ring (bicyclic) bond motifs is 1. The molecule has 0 bridgehead atoms. The number of carbonyl (C=O) groups is 3. The van der Waals surface area contributed by atoms with E-state index in [1.807, 2.05) is 43.3 Å². The predicted octanol–water partition coefficient (Wildman–Crippen LogP) is 3.00. The Morgan fingerprint density at radius 2 is 1.65 bits per heavy atom. The molecule has 26 heavy (non-hydrogen) atoms. The number of carbonyl (C=O) groups excluding carboxylic acids is 3. The van der Waals surface area contributed by atoms with E-state index in [9.17, 15) is 14.4 Å². The van der Waals surface area contributed by atoms with E-state index in [-0.39, 0.29) is 13.2 Å². The van der Waals surface area contributed by atoms with Crippen molar-refractivity contribution in [1.82, 2.24) is 0 Å². The van der Waals surface area contributed by atoms with Crippen LogP contribution in [0.4, 0.5) is 5.69 Å². The van der Waals surface area contributed by atoms with Gasteiger partial charge in [-0.3, -0.25) is 9.69 Å². The van der Waals surface area contributed by atoms with E-state index in [0.717, 1.165) is 16.3 Å². The molecule has 0 saturated heterocycles. The third-order valence-corrected chi connectivity index (χ3v) is 4.03. The Morgan fingerprint density at radius 1 is 1.00 bits per heavy atom. The number of hydrogen-bond donors (Lipinski definition) is 0. The van der Waals surface area contributed by atoms with Crippen LogP contribution in [0.2, 0.25) is 0 Å². The van der Waals surface area contributed by atoms with Gasteiger partial charge in [0, 0.05) is 5.39 Å². The minimum absolute atomic E-state index is 0.0702. The first-order valence-electron chi connectivity index (χ1n) is 8.57. The lowest BCUT2D eigenvalue weighted by atomic mass is 10.0. The van der Waals surface area contributed by atoms with Crippen molar-refractivity contribution in [3.05, 3.63) is 42.0 Å². The van der Waals surface area contributed by atoms with E-state index in [4.69, 9.17) is 9.47 Å². The number of benzene rings is 2. The molecule has 0 aliphatic rings. The van der Waals surface area contributed by atoms with Crippen molar-refractivity contribution >= 4 is 34.3 Å². The molecule has 0 aromatic heterocycles. The molecule has 0 heterocycles. The lowest BCUT2D eigenvalue weighted by Gasteiger charge is -2.29. The fourth-order valence-corrected chi connectivity index (χ4v) is 2.81. The summed E-state index contributed by atoms with van der Waals surface area (Å²) >= 11 is 0. The number of nitrogens with zero attached hydrogens (tertiary/aromatic N) is 1. The van der Waals surface area contributed by atoms with Crippen LogP contribution in [0.15, 0.2) is 36.4 Å². The number of esters is 2. The normalized spacial score (nSPS) is 11.7. The van der Waals surface area contributed by atoms with Crippen LogP contribution in [-0.4, -0.2) is 37.1 Å². The number of aryl methyl sites for hydroxylation is 1. The van der Waals surface area contributed by atoms with Crippen LogP contribution in [0, 0.1) is 6.92 Å². The number of anilines is 1. The molecule has 1 atom stereocenters. The van der Waals surface area contributed by atoms with Crippen LogP contribution in [0.25, 0.3) is 10.8 Å². The molecule has 2 aromatic carbocycles. The minimum atomic E-state index is -1.00. The van der Waals surface area contributed by atoms with E-state index in [0.29, 0.717) is 5.69 Å². The monoisotopic (exact) mass is 357 g/mol. The van der Waals surface area contributed by atoms with Gasteiger partial charge in [0.15, 0.2) is 0 Å². The fourth-order valence-electron chi connectivity index (χ4n) is 2.81. The zero-order chi connectivity index (χ0) is 19.3. The third-order valence-electron chi connectivity index (χ3n) is 4.03. The molecule has 1 amide bonds. The van der Waals surface area contributed by atoms with Gasteiger partial charge in [-0.1, -0.05) is 36.4 Å². The molecule has 0 unspecified atom stereocenters. The van der Waals surface area contributed by atoms with Crippen molar-refractivity contribution in [3.8, 4) is 0 Å². The average molecular weight is 357 g/mol. The van der Waals surface area contributed by atoms with Crippen LogP contribution in [0.3, 0.4) is 0 Å². The Labute approximate surface area is 152 Å². The summed E-state index contributed by atoms with van der Waals surface area (Å²) in [5.41, 5.74) is 1.26. The molecule has 2 rings (SSSR count). The van der Waals surface area contributed by atoms with Gasteiger partial charge in [0.2, 0.25) is 0 Å². The van der Waals surface area contributed by atoms with Crippen molar-refractivity contribution in [2.45, 2.75) is 33.7 Å². The van der Waals surface area contributed by atoms with Crippen molar-refractivity contribution in [3.63, 3.8) is 0 Å². The van der Waals surface area contributed by atoms with Gasteiger partial charge < -0.3 is 9.47 Å². The second-order valence-corrected chi connectivity index (χ2v) is 5.78. The summed E-state index contributed by atoms with van der Waals surface area (Å²) < 4.78 is 9.93. The standard InChI is InChI=1S/C20H23NO5/c1-5-25-19(23)14(4)21(18(22)20(24)26-6-2)17-13(3)11-12-15-9-7-8-10-16(15)17/h7-12,14H,5-6H2,1-4H3/t14-/m0/s1. The molecule has 6 nitrogen and oxygen atoms in total. The summed E-state index contributed by atoms with van der Waals surface area (Å²) in [7, 11) is 0. The second-order valence-electron chi connectivity index (χ2n) is 5.78. The van der Waals surface area contributed by atoms with Crippen molar-refractivity contribution in [1.29, 1.82) is 0 Å². The van der Waals surface area contributed by atoms with Gasteiger partial charge in [-0.25, -0.2) is 9.59 Å². The number of ether oxygens (including phenoxy) is 2. The van der Waals surface area contributed by atoms with E-state index in [2.05, 4.69) is 0 Å². The van der Waals surface area contributed by atoms with Crippen LogP contribution in [0.5, 0.6) is 0 Å². The van der Waals surface area contributed by atoms with Gasteiger partial charge in [-0.2, -0.15) is 0 Å². The lowest BCUT2D eigenvalue weighted by Crippen LogP contribution is -2.48. The van der Waals surface area contributed by atoms with Crippen LogP contribution in [0.1, 0.15) is 26.3 Å². The first-order valence-corrected chi connectivity index (χ1v) is 8.57. The Morgan fingerprint density at radius 3 is 2.31 bits per heavy atom. The van der Waals surface area contributed by atoms with Gasteiger partial charge >= 0.3 is 17.8 Å². The lowest BCUT2D eigenvalue weighted by molar-refractivity contribution is -0.154. The Balaban J connectivity index is 2.64. The van der Waals surface area contributed by atoms with Crippen molar-refractivity contribution in [2.24, 2.45) is 0 Å².